The monoisotopic (exact) mass is 641 g/mol. The van der Waals surface area contributed by atoms with Gasteiger partial charge in [0.1, 0.15) is 0 Å². The second kappa shape index (κ2) is 19.0. The van der Waals surface area contributed by atoms with Gasteiger partial charge in [0.2, 0.25) is 0 Å². The van der Waals surface area contributed by atoms with Gasteiger partial charge in [0.05, 0.1) is 39.9 Å². The number of aromatic nitrogens is 7. The van der Waals surface area contributed by atoms with Crippen LogP contribution < -0.4 is 0 Å². The minimum atomic E-state index is 0.464. The fourth-order valence-corrected chi connectivity index (χ4v) is 5.82. The van der Waals surface area contributed by atoms with Crippen molar-refractivity contribution in [3.63, 3.8) is 0 Å². The molecule has 0 unspecified atom stereocenters. The molecular formula is C35H63N9S. The second-order valence-corrected chi connectivity index (χ2v) is 15.1. The van der Waals surface area contributed by atoms with Crippen LogP contribution in [0.2, 0.25) is 0 Å². The Morgan fingerprint density at radius 2 is 1.07 bits per heavy atom. The van der Waals surface area contributed by atoms with Crippen LogP contribution in [0.25, 0.3) is 0 Å². The molecular weight excluding hydrogens is 579 g/mol. The van der Waals surface area contributed by atoms with Crippen LogP contribution >= 0.6 is 11.5 Å². The van der Waals surface area contributed by atoms with Crippen LogP contribution in [-0.2, 0) is 0 Å². The number of rotatable bonds is 8. The highest BCUT2D eigenvalue weighted by Gasteiger charge is 2.18. The van der Waals surface area contributed by atoms with Gasteiger partial charge in [0, 0.05) is 5.69 Å². The van der Waals surface area contributed by atoms with Crippen LogP contribution in [-0.4, -0.2) is 41.7 Å². The smallest absolute Gasteiger partial charge is 0.0884 e. The summed E-state index contributed by atoms with van der Waals surface area (Å²) in [5, 5.41) is 30.5. The zero-order valence-corrected chi connectivity index (χ0v) is 32.2. The molecule has 0 aliphatic carbocycles. The van der Waals surface area contributed by atoms with Crippen LogP contribution in [0, 0.1) is 18.8 Å². The van der Waals surface area contributed by atoms with Gasteiger partial charge in [-0.1, -0.05) is 115 Å². The predicted molar refractivity (Wildman–Crippen MR) is 191 cm³/mol. The zero-order chi connectivity index (χ0) is 34.6. The standard InChI is InChI=1S/C10H18N2.C9H16N2.C8H15N3.C8H14N2S/c1-6(2)9-8(5)11-12-10(9)7(3)4;1-6(2)8-5-10-11-9(8)7(3)4;1-5(2)7-8(6(3)4)10-11-9-7;1-5(2)7-8(6(3)4)11-10-9-7/h6-7H,1-5H3,(H,11,12);6-7H,5H2,1-4H3;5-6H,1-4H3,(H,9,10,11);5-6H,1-4H3. The van der Waals surface area contributed by atoms with Crippen molar-refractivity contribution < 1.29 is 0 Å². The van der Waals surface area contributed by atoms with Crippen molar-refractivity contribution in [2.75, 3.05) is 6.54 Å². The Morgan fingerprint density at radius 1 is 0.556 bits per heavy atom. The van der Waals surface area contributed by atoms with Gasteiger partial charge in [-0.05, 0) is 76.9 Å². The average Bonchev–Trinajstić information content (AvgIpc) is 3.74. The number of hydrogen-bond donors (Lipinski definition) is 2. The van der Waals surface area contributed by atoms with Gasteiger partial charge in [0.15, 0.2) is 0 Å². The van der Waals surface area contributed by atoms with Gasteiger partial charge < -0.3 is 0 Å². The van der Waals surface area contributed by atoms with Gasteiger partial charge in [-0.2, -0.15) is 30.7 Å². The van der Waals surface area contributed by atoms with Crippen LogP contribution in [0.5, 0.6) is 0 Å². The van der Waals surface area contributed by atoms with Crippen molar-refractivity contribution in [1.29, 1.82) is 0 Å². The summed E-state index contributed by atoms with van der Waals surface area (Å²) in [5.74, 6) is 4.21. The van der Waals surface area contributed by atoms with E-state index in [0.717, 1.165) is 17.9 Å². The number of nitrogens with zero attached hydrogens (tertiary/aromatic N) is 7. The Kier molecular flexibility index (Phi) is 17.0. The van der Waals surface area contributed by atoms with E-state index in [1.807, 2.05) is 0 Å². The molecule has 0 radical (unpaired) electrons. The van der Waals surface area contributed by atoms with E-state index in [-0.39, 0.29) is 0 Å². The zero-order valence-electron chi connectivity index (χ0n) is 31.4. The first-order chi connectivity index (χ1) is 20.9. The Bertz CT molecular complexity index is 1220. The molecule has 1 aliphatic heterocycles. The predicted octanol–water partition coefficient (Wildman–Crippen LogP) is 10.8. The van der Waals surface area contributed by atoms with Gasteiger partial charge in [-0.25, -0.2) is 0 Å². The first-order valence-corrected chi connectivity index (χ1v) is 17.6. The maximum Gasteiger partial charge on any atom is 0.0884 e. The number of aromatic amines is 2. The SMILES string of the molecule is CC(C)C1=C(C(C)C)N=NC1.CC(C)c1n[nH]nc1C(C)C.CC(C)c1nnsc1C(C)C.Cc1[nH]nc(C(C)C)c1C(C)C. The van der Waals surface area contributed by atoms with E-state index in [0.29, 0.717) is 47.3 Å². The Labute approximate surface area is 278 Å². The minimum absolute atomic E-state index is 0.464. The van der Waals surface area contributed by atoms with Crippen LogP contribution in [0.3, 0.4) is 0 Å². The largest absolute Gasteiger partial charge is 0.282 e. The van der Waals surface area contributed by atoms with E-state index in [9.17, 15) is 0 Å². The van der Waals surface area contributed by atoms with Crippen LogP contribution in [0.15, 0.2) is 21.5 Å². The third-order valence-electron chi connectivity index (χ3n) is 7.45. The Hall–Kier alpha value is -2.75. The van der Waals surface area contributed by atoms with Crippen molar-refractivity contribution in [2.45, 2.75) is 153 Å². The summed E-state index contributed by atoms with van der Waals surface area (Å²) in [6, 6.07) is 0. The lowest BCUT2D eigenvalue weighted by Crippen LogP contribution is -2.01. The molecule has 2 N–H and O–H groups in total. The highest BCUT2D eigenvalue weighted by atomic mass is 32.1. The van der Waals surface area contributed by atoms with Crippen LogP contribution in [0.1, 0.15) is 185 Å². The summed E-state index contributed by atoms with van der Waals surface area (Å²) in [6.07, 6.45) is 0. The Morgan fingerprint density at radius 3 is 1.40 bits per heavy atom. The third kappa shape index (κ3) is 12.2. The van der Waals surface area contributed by atoms with Crippen molar-refractivity contribution in [3.8, 4) is 0 Å². The number of aryl methyl sites for hydroxylation is 1. The molecule has 45 heavy (non-hydrogen) atoms. The molecule has 0 saturated carbocycles. The summed E-state index contributed by atoms with van der Waals surface area (Å²) >= 11 is 1.52. The van der Waals surface area contributed by atoms with E-state index in [1.165, 1.54) is 50.3 Å². The molecule has 10 heteroatoms. The average molecular weight is 642 g/mol. The lowest BCUT2D eigenvalue weighted by molar-refractivity contribution is 0.695. The van der Waals surface area contributed by atoms with E-state index < -0.39 is 0 Å². The number of azo groups is 1. The number of H-pyrrole nitrogens is 2. The molecule has 0 aromatic carbocycles. The molecule has 4 rings (SSSR count). The van der Waals surface area contributed by atoms with E-state index >= 15 is 0 Å². The summed E-state index contributed by atoms with van der Waals surface area (Å²) in [7, 11) is 0. The summed E-state index contributed by atoms with van der Waals surface area (Å²) in [4.78, 5) is 1.33. The van der Waals surface area contributed by atoms with Gasteiger partial charge in [-0.3, -0.25) is 5.10 Å². The first kappa shape index (κ1) is 40.3. The number of nitrogens with one attached hydrogen (secondary N) is 2. The van der Waals surface area contributed by atoms with Crippen molar-refractivity contribution in [3.05, 3.63) is 50.2 Å². The van der Waals surface area contributed by atoms with Crippen molar-refractivity contribution in [1.82, 2.24) is 35.2 Å². The third-order valence-corrected chi connectivity index (χ3v) is 8.49. The molecule has 254 valence electrons. The fraction of sp³-hybridized carbons (Fsp3) is 0.743. The molecule has 3 aromatic rings. The quantitative estimate of drug-likeness (QED) is 0.253. The molecule has 0 spiro atoms. The lowest BCUT2D eigenvalue weighted by Gasteiger charge is -2.09. The van der Waals surface area contributed by atoms with Crippen LogP contribution in [0.4, 0.5) is 0 Å². The molecule has 0 amide bonds. The topological polar surface area (TPSA) is 121 Å². The molecule has 0 atom stereocenters. The molecule has 1 aliphatic rings. The molecule has 0 saturated heterocycles. The second-order valence-electron chi connectivity index (χ2n) is 14.3. The maximum atomic E-state index is 4.31. The summed E-state index contributed by atoms with van der Waals surface area (Å²) < 4.78 is 3.96. The van der Waals surface area contributed by atoms with Crippen molar-refractivity contribution in [2.24, 2.45) is 22.1 Å². The normalized spacial score (nSPS) is 13.0. The molecule has 3 aromatic heterocycles. The van der Waals surface area contributed by atoms with E-state index in [4.69, 9.17) is 0 Å². The minimum Gasteiger partial charge on any atom is -0.282 e. The Balaban J connectivity index is 0.000000300. The number of hydrogen-bond acceptors (Lipinski definition) is 8. The van der Waals surface area contributed by atoms with Crippen molar-refractivity contribution >= 4 is 11.5 Å². The highest BCUT2D eigenvalue weighted by molar-refractivity contribution is 7.05. The summed E-state index contributed by atoms with van der Waals surface area (Å²) in [6.45, 7) is 37.6. The summed E-state index contributed by atoms with van der Waals surface area (Å²) in [5.41, 5.74) is 9.83. The molecule has 0 bridgehead atoms. The van der Waals surface area contributed by atoms with Gasteiger partial charge in [-0.15, -0.1) is 5.10 Å². The van der Waals surface area contributed by atoms with Gasteiger partial charge >= 0.3 is 0 Å². The molecule has 0 fully saturated rings. The lowest BCUT2D eigenvalue weighted by atomic mass is 9.96. The molecule has 9 nitrogen and oxygen atoms in total. The molecule has 4 heterocycles. The number of allylic oxidation sites excluding steroid dienone is 1. The van der Waals surface area contributed by atoms with E-state index in [2.05, 4.69) is 163 Å². The van der Waals surface area contributed by atoms with Gasteiger partial charge in [0.25, 0.3) is 0 Å². The fourth-order valence-electron chi connectivity index (χ4n) is 5.03. The first-order valence-electron chi connectivity index (χ1n) is 16.8. The van der Waals surface area contributed by atoms with E-state index in [1.54, 1.807) is 0 Å². The maximum absolute atomic E-state index is 4.31. The highest BCUT2D eigenvalue weighted by Crippen LogP contribution is 2.28.